The lowest BCUT2D eigenvalue weighted by atomic mass is 9.97. The Morgan fingerprint density at radius 2 is 2.04 bits per heavy atom. The fraction of sp³-hybridized carbons (Fsp3) is 0.529. The second-order valence-corrected chi connectivity index (χ2v) is 6.31. The van der Waals surface area contributed by atoms with Crippen molar-refractivity contribution < 1.29 is 9.59 Å². The maximum atomic E-state index is 12.7. The van der Waals surface area contributed by atoms with Crippen LogP contribution in [0, 0.1) is 5.92 Å². The molecule has 1 saturated heterocycles. The molecule has 0 bridgehead atoms. The van der Waals surface area contributed by atoms with Crippen molar-refractivity contribution >= 4 is 29.9 Å². The van der Waals surface area contributed by atoms with Gasteiger partial charge in [-0.15, -0.1) is 12.4 Å². The van der Waals surface area contributed by atoms with Gasteiger partial charge in [0, 0.05) is 38.4 Å². The Bertz CT molecular complexity index is 596. The molecule has 2 aliphatic heterocycles. The van der Waals surface area contributed by atoms with Crippen LogP contribution in [0.3, 0.4) is 0 Å². The number of fused-ring (bicyclic) bond motifs is 1. The topological polar surface area (TPSA) is 78.7 Å². The number of anilines is 1. The van der Waals surface area contributed by atoms with Crippen LogP contribution >= 0.6 is 12.4 Å². The van der Waals surface area contributed by atoms with Gasteiger partial charge in [-0.3, -0.25) is 9.59 Å². The first-order valence-electron chi connectivity index (χ1n) is 8.26. The van der Waals surface area contributed by atoms with Gasteiger partial charge in [-0.05, 0) is 24.5 Å². The number of amides is 2. The second kappa shape index (κ2) is 8.35. The van der Waals surface area contributed by atoms with E-state index >= 15 is 0 Å². The normalized spacial score (nSPS) is 20.6. The van der Waals surface area contributed by atoms with E-state index in [0.29, 0.717) is 13.1 Å². The first-order valence-corrected chi connectivity index (χ1v) is 8.26. The Morgan fingerprint density at radius 1 is 1.25 bits per heavy atom. The lowest BCUT2D eigenvalue weighted by molar-refractivity contribution is -0.133. The van der Waals surface area contributed by atoms with Crippen LogP contribution in [-0.4, -0.2) is 49.4 Å². The molecule has 0 spiro atoms. The number of hydrogen-bond acceptors (Lipinski definition) is 4. The van der Waals surface area contributed by atoms with Gasteiger partial charge in [0.2, 0.25) is 11.8 Å². The molecular weight excluding hydrogens is 328 g/mol. The maximum absolute atomic E-state index is 12.7. The summed E-state index contributed by atoms with van der Waals surface area (Å²) in [7, 11) is 0. The predicted molar refractivity (Wildman–Crippen MR) is 96.1 cm³/mol. The molecular formula is C17H25ClN4O2. The van der Waals surface area contributed by atoms with E-state index in [1.807, 2.05) is 12.1 Å². The Morgan fingerprint density at radius 3 is 2.83 bits per heavy atom. The van der Waals surface area contributed by atoms with E-state index < -0.39 is 0 Å². The van der Waals surface area contributed by atoms with E-state index in [9.17, 15) is 9.59 Å². The molecule has 1 unspecified atom stereocenters. The summed E-state index contributed by atoms with van der Waals surface area (Å²) in [6, 6.07) is 8.19. The SMILES string of the molecule is Cl.NC(=O)C1CCCN(C(=O)CN2CCNCc3ccccc32)C1. The van der Waals surface area contributed by atoms with Gasteiger partial charge in [-0.25, -0.2) is 0 Å². The third-order valence-corrected chi connectivity index (χ3v) is 4.71. The molecule has 0 saturated carbocycles. The number of para-hydroxylation sites is 1. The van der Waals surface area contributed by atoms with Gasteiger partial charge < -0.3 is 20.9 Å². The fourth-order valence-corrected chi connectivity index (χ4v) is 3.39. The third kappa shape index (κ3) is 4.19. The number of nitrogens with zero attached hydrogens (tertiary/aromatic N) is 2. The van der Waals surface area contributed by atoms with E-state index in [-0.39, 0.29) is 30.1 Å². The summed E-state index contributed by atoms with van der Waals surface area (Å²) >= 11 is 0. The summed E-state index contributed by atoms with van der Waals surface area (Å²) in [5.74, 6) is -0.426. The first-order chi connectivity index (χ1) is 11.1. The van der Waals surface area contributed by atoms with Crippen LogP contribution in [0.5, 0.6) is 0 Å². The van der Waals surface area contributed by atoms with Gasteiger partial charge in [-0.1, -0.05) is 18.2 Å². The number of likely N-dealkylation sites (tertiary alicyclic amines) is 1. The summed E-state index contributed by atoms with van der Waals surface area (Å²) in [5, 5.41) is 3.38. The largest absolute Gasteiger partial charge is 0.369 e. The minimum Gasteiger partial charge on any atom is -0.369 e. The highest BCUT2D eigenvalue weighted by Gasteiger charge is 2.28. The standard InChI is InChI=1S/C17H24N4O2.ClH/c18-17(23)14-5-3-8-21(11-14)16(22)12-20-9-7-19-10-13-4-1-2-6-15(13)20;/h1-2,4,6,14,19H,3,5,7-12H2,(H2,18,23);1H. The molecule has 132 valence electrons. The number of primary amides is 1. The molecule has 0 aliphatic carbocycles. The maximum Gasteiger partial charge on any atom is 0.242 e. The van der Waals surface area contributed by atoms with Crippen LogP contribution in [-0.2, 0) is 16.1 Å². The van der Waals surface area contributed by atoms with Gasteiger partial charge in [0.25, 0.3) is 0 Å². The molecule has 2 heterocycles. The molecule has 2 amide bonds. The zero-order valence-corrected chi connectivity index (χ0v) is 14.6. The van der Waals surface area contributed by atoms with Crippen LogP contribution in [0.2, 0.25) is 0 Å². The smallest absolute Gasteiger partial charge is 0.242 e. The van der Waals surface area contributed by atoms with E-state index in [2.05, 4.69) is 22.3 Å². The first kappa shape index (κ1) is 18.5. The molecule has 7 heteroatoms. The minimum atomic E-state index is -0.299. The number of carbonyl (C=O) groups is 2. The number of benzene rings is 1. The van der Waals surface area contributed by atoms with Crippen LogP contribution in [0.15, 0.2) is 24.3 Å². The number of halogens is 1. The Labute approximate surface area is 148 Å². The van der Waals surface area contributed by atoms with E-state index in [4.69, 9.17) is 5.73 Å². The molecule has 6 nitrogen and oxygen atoms in total. The zero-order chi connectivity index (χ0) is 16.2. The summed E-state index contributed by atoms with van der Waals surface area (Å²) < 4.78 is 0. The average Bonchev–Trinajstić information content (AvgIpc) is 2.77. The van der Waals surface area contributed by atoms with Crippen LogP contribution in [0.4, 0.5) is 5.69 Å². The van der Waals surface area contributed by atoms with Gasteiger partial charge in [0.05, 0.1) is 12.5 Å². The number of hydrogen-bond donors (Lipinski definition) is 2. The van der Waals surface area contributed by atoms with Gasteiger partial charge in [0.1, 0.15) is 0 Å². The van der Waals surface area contributed by atoms with Crippen molar-refractivity contribution in [2.45, 2.75) is 19.4 Å². The van der Waals surface area contributed by atoms with Crippen molar-refractivity contribution in [2.24, 2.45) is 11.7 Å². The monoisotopic (exact) mass is 352 g/mol. The fourth-order valence-electron chi connectivity index (χ4n) is 3.39. The van der Waals surface area contributed by atoms with Crippen LogP contribution in [0.25, 0.3) is 0 Å². The van der Waals surface area contributed by atoms with E-state index in [0.717, 1.165) is 44.7 Å². The summed E-state index contributed by atoms with van der Waals surface area (Å²) in [6.07, 6.45) is 1.63. The number of nitrogens with two attached hydrogens (primary N) is 1. The van der Waals surface area contributed by atoms with Gasteiger partial charge >= 0.3 is 0 Å². The number of rotatable bonds is 3. The quantitative estimate of drug-likeness (QED) is 0.841. The highest BCUT2D eigenvalue weighted by atomic mass is 35.5. The Balaban J connectivity index is 0.00000208. The summed E-state index contributed by atoms with van der Waals surface area (Å²) in [6.45, 7) is 4.01. The second-order valence-electron chi connectivity index (χ2n) is 6.31. The highest BCUT2D eigenvalue weighted by Crippen LogP contribution is 2.23. The van der Waals surface area contributed by atoms with Gasteiger partial charge in [0.15, 0.2) is 0 Å². The highest BCUT2D eigenvalue weighted by molar-refractivity contribution is 5.85. The molecule has 2 aliphatic rings. The van der Waals surface area contributed by atoms with Crippen molar-refractivity contribution in [3.8, 4) is 0 Å². The lowest BCUT2D eigenvalue weighted by Gasteiger charge is -2.33. The number of nitrogens with one attached hydrogen (secondary N) is 1. The summed E-state index contributed by atoms with van der Waals surface area (Å²) in [4.78, 5) is 28.0. The molecule has 1 aromatic rings. The molecule has 3 N–H and O–H groups in total. The van der Waals surface area contributed by atoms with Crippen LogP contribution < -0.4 is 16.0 Å². The zero-order valence-electron chi connectivity index (χ0n) is 13.7. The Hall–Kier alpha value is -1.79. The van der Waals surface area contributed by atoms with E-state index in [1.54, 1.807) is 4.90 Å². The average molecular weight is 353 g/mol. The van der Waals surface area contributed by atoms with Crippen molar-refractivity contribution in [2.75, 3.05) is 37.6 Å². The molecule has 1 fully saturated rings. The molecule has 1 aromatic carbocycles. The molecule has 24 heavy (non-hydrogen) atoms. The van der Waals surface area contributed by atoms with Crippen LogP contribution in [0.1, 0.15) is 18.4 Å². The van der Waals surface area contributed by atoms with Crippen molar-refractivity contribution in [3.05, 3.63) is 29.8 Å². The van der Waals surface area contributed by atoms with Gasteiger partial charge in [-0.2, -0.15) is 0 Å². The predicted octanol–water partition coefficient (Wildman–Crippen LogP) is 0.742. The van der Waals surface area contributed by atoms with Crippen molar-refractivity contribution in [3.63, 3.8) is 0 Å². The van der Waals surface area contributed by atoms with E-state index in [1.165, 1.54) is 5.56 Å². The number of carbonyl (C=O) groups excluding carboxylic acids is 2. The summed E-state index contributed by atoms with van der Waals surface area (Å²) in [5.41, 5.74) is 7.74. The Kier molecular flexibility index (Phi) is 6.45. The molecule has 1 atom stereocenters. The lowest BCUT2D eigenvalue weighted by Crippen LogP contribution is -2.48. The third-order valence-electron chi connectivity index (χ3n) is 4.71. The number of piperidine rings is 1. The molecule has 0 radical (unpaired) electrons. The van der Waals surface area contributed by atoms with Crippen molar-refractivity contribution in [1.29, 1.82) is 0 Å². The van der Waals surface area contributed by atoms with Crippen molar-refractivity contribution in [1.82, 2.24) is 10.2 Å². The minimum absolute atomic E-state index is 0. The molecule has 0 aromatic heterocycles. The molecule has 3 rings (SSSR count).